The highest BCUT2D eigenvalue weighted by Crippen LogP contribution is 2.45. The van der Waals surface area contributed by atoms with E-state index in [2.05, 4.69) is 20.2 Å². The smallest absolute Gasteiger partial charge is 0.146 e. The van der Waals surface area contributed by atoms with E-state index in [4.69, 9.17) is 10.8 Å². The minimum absolute atomic E-state index is 0.464. The highest BCUT2D eigenvalue weighted by Gasteiger charge is 2.31. The molecule has 2 aliphatic heterocycles. The predicted octanol–water partition coefficient (Wildman–Crippen LogP) is 1.78. The average molecular weight is 302 g/mol. The number of nitrogens with zero attached hydrogens (tertiary/aromatic N) is 3. The van der Waals surface area contributed by atoms with Gasteiger partial charge in [-0.2, -0.15) is 0 Å². The monoisotopic (exact) mass is 302 g/mol. The molecule has 3 rings (SSSR count). The zero-order valence-corrected chi connectivity index (χ0v) is 13.0. The van der Waals surface area contributed by atoms with Crippen LogP contribution >= 0.6 is 11.8 Å². The van der Waals surface area contributed by atoms with Gasteiger partial charge in [0.1, 0.15) is 17.2 Å². The molecular weight excluding hydrogens is 284 g/mol. The first kappa shape index (κ1) is 14.2. The number of thioether (sulfide) groups is 1. The van der Waals surface area contributed by atoms with Gasteiger partial charge in [-0.1, -0.05) is 11.8 Å². The minimum atomic E-state index is 0.464. The van der Waals surface area contributed by atoms with E-state index < -0.39 is 0 Å². The molecule has 110 valence electrons. The number of fused-ring (bicyclic) bond motifs is 1. The van der Waals surface area contributed by atoms with Crippen LogP contribution in [0.25, 0.3) is 5.57 Å². The molecule has 7 heteroatoms. The van der Waals surface area contributed by atoms with Crippen LogP contribution in [-0.4, -0.2) is 46.9 Å². The molecule has 0 saturated carbocycles. The molecule has 0 aromatic carbocycles. The van der Waals surface area contributed by atoms with Gasteiger partial charge in [-0.05, 0) is 19.4 Å². The Kier molecular flexibility index (Phi) is 3.77. The number of hydrogen-bond donors (Lipinski definition) is 3. The van der Waals surface area contributed by atoms with E-state index in [9.17, 15) is 0 Å². The van der Waals surface area contributed by atoms with Gasteiger partial charge in [0.25, 0.3) is 0 Å². The first-order chi connectivity index (χ1) is 10.1. The molecule has 0 unspecified atom stereocenters. The van der Waals surface area contributed by atoms with Crippen LogP contribution in [0.2, 0.25) is 0 Å². The largest absolute Gasteiger partial charge is 0.353 e. The van der Waals surface area contributed by atoms with E-state index in [0.717, 1.165) is 53.7 Å². The maximum atomic E-state index is 8.24. The van der Waals surface area contributed by atoms with Crippen LogP contribution in [0.3, 0.4) is 0 Å². The second-order valence-corrected chi connectivity index (χ2v) is 6.19. The minimum Gasteiger partial charge on any atom is -0.353 e. The van der Waals surface area contributed by atoms with E-state index in [1.165, 1.54) is 11.8 Å². The molecule has 0 aliphatic carbocycles. The fraction of sp³-hybridized carbons (Fsp3) is 0.429. The Labute approximate surface area is 128 Å². The third-order valence-corrected chi connectivity index (χ3v) is 4.80. The molecule has 1 aromatic rings. The Bertz CT molecular complexity index is 645. The Morgan fingerprint density at radius 1 is 1.29 bits per heavy atom. The Hall–Kier alpha value is -1.73. The number of anilines is 1. The second kappa shape index (κ2) is 5.57. The van der Waals surface area contributed by atoms with Crippen molar-refractivity contribution < 1.29 is 0 Å². The molecule has 2 aliphatic rings. The van der Waals surface area contributed by atoms with Crippen molar-refractivity contribution in [3.8, 4) is 0 Å². The van der Waals surface area contributed by atoms with Gasteiger partial charge in [0.2, 0.25) is 0 Å². The maximum absolute atomic E-state index is 8.24. The first-order valence-electron chi connectivity index (χ1n) is 6.94. The lowest BCUT2D eigenvalue weighted by molar-refractivity contribution is 0.581. The lowest BCUT2D eigenvalue weighted by Gasteiger charge is -2.29. The SMILES string of the molecule is CC(=N)/C(C)=C1\C(=N)Sc2c1ncnc2N1CCNCC1. The van der Waals surface area contributed by atoms with Crippen LogP contribution in [0.1, 0.15) is 19.5 Å². The van der Waals surface area contributed by atoms with Gasteiger partial charge in [-0.3, -0.25) is 5.41 Å². The third kappa shape index (κ3) is 2.47. The van der Waals surface area contributed by atoms with Crippen molar-refractivity contribution >= 4 is 33.9 Å². The standard InChI is InChI=1S/C14H18N6S/c1-8(9(2)15)10-11-12(21-13(10)16)14(19-7-18-11)20-5-3-17-4-6-20/h7,15-17H,3-6H2,1-2H3/b10-8-,15-9?,16-13?. The summed E-state index contributed by atoms with van der Waals surface area (Å²) in [5, 5.41) is 19.9. The van der Waals surface area contributed by atoms with E-state index in [1.807, 2.05) is 6.92 Å². The topological polar surface area (TPSA) is 88.8 Å². The van der Waals surface area contributed by atoms with Crippen molar-refractivity contribution in [3.63, 3.8) is 0 Å². The summed E-state index contributed by atoms with van der Waals surface area (Å²) in [5.74, 6) is 0.918. The molecule has 21 heavy (non-hydrogen) atoms. The molecule has 0 bridgehead atoms. The Balaban J connectivity index is 2.09. The molecule has 1 aromatic heterocycles. The number of aromatic nitrogens is 2. The first-order valence-corrected chi connectivity index (χ1v) is 7.75. The zero-order valence-electron chi connectivity index (χ0n) is 12.2. The maximum Gasteiger partial charge on any atom is 0.146 e. The average Bonchev–Trinajstić information content (AvgIpc) is 2.83. The van der Waals surface area contributed by atoms with Crippen molar-refractivity contribution in [2.75, 3.05) is 31.1 Å². The molecule has 3 N–H and O–H groups in total. The third-order valence-electron chi connectivity index (χ3n) is 3.81. The number of piperazine rings is 1. The fourth-order valence-corrected chi connectivity index (χ4v) is 3.61. The van der Waals surface area contributed by atoms with Crippen LogP contribution in [0.4, 0.5) is 5.82 Å². The Morgan fingerprint density at radius 2 is 2.00 bits per heavy atom. The van der Waals surface area contributed by atoms with Crippen molar-refractivity contribution in [2.24, 2.45) is 0 Å². The van der Waals surface area contributed by atoms with E-state index in [1.54, 1.807) is 13.3 Å². The molecule has 6 nitrogen and oxygen atoms in total. The summed E-state index contributed by atoms with van der Waals surface area (Å²) in [6, 6.07) is 0. The van der Waals surface area contributed by atoms with Gasteiger partial charge in [0.15, 0.2) is 0 Å². The summed E-state index contributed by atoms with van der Waals surface area (Å²) in [5.41, 5.74) is 2.88. The summed E-state index contributed by atoms with van der Waals surface area (Å²) >= 11 is 1.41. The Morgan fingerprint density at radius 3 is 2.67 bits per heavy atom. The summed E-state index contributed by atoms with van der Waals surface area (Å²) < 4.78 is 0. The van der Waals surface area contributed by atoms with Crippen molar-refractivity contribution in [1.29, 1.82) is 10.8 Å². The number of nitrogens with one attached hydrogen (secondary N) is 3. The summed E-state index contributed by atoms with van der Waals surface area (Å²) in [6.45, 7) is 7.35. The van der Waals surface area contributed by atoms with Gasteiger partial charge >= 0.3 is 0 Å². The van der Waals surface area contributed by atoms with Gasteiger partial charge < -0.3 is 15.6 Å². The van der Waals surface area contributed by atoms with E-state index in [-0.39, 0.29) is 0 Å². The van der Waals surface area contributed by atoms with Crippen molar-refractivity contribution in [2.45, 2.75) is 18.7 Å². The van der Waals surface area contributed by atoms with Crippen molar-refractivity contribution in [1.82, 2.24) is 15.3 Å². The van der Waals surface area contributed by atoms with Gasteiger partial charge in [-0.25, -0.2) is 9.97 Å². The molecule has 1 saturated heterocycles. The number of hydrogen-bond acceptors (Lipinski definition) is 7. The van der Waals surface area contributed by atoms with Gasteiger partial charge in [0, 0.05) is 37.5 Å². The fourth-order valence-electron chi connectivity index (χ4n) is 2.53. The number of allylic oxidation sites excluding steroid dienone is 1. The van der Waals surface area contributed by atoms with Crippen LogP contribution in [0, 0.1) is 10.8 Å². The molecule has 3 heterocycles. The molecular formula is C14H18N6S. The second-order valence-electron chi connectivity index (χ2n) is 5.17. The quantitative estimate of drug-likeness (QED) is 0.725. The van der Waals surface area contributed by atoms with E-state index >= 15 is 0 Å². The highest BCUT2D eigenvalue weighted by atomic mass is 32.2. The lowest BCUT2D eigenvalue weighted by Crippen LogP contribution is -2.44. The van der Waals surface area contributed by atoms with Gasteiger partial charge in [-0.15, -0.1) is 0 Å². The van der Waals surface area contributed by atoms with Gasteiger partial charge in [0.05, 0.1) is 10.6 Å². The molecule has 0 radical (unpaired) electrons. The highest BCUT2D eigenvalue weighted by molar-refractivity contribution is 8.15. The van der Waals surface area contributed by atoms with Crippen molar-refractivity contribution in [3.05, 3.63) is 17.6 Å². The normalized spacial score (nSPS) is 20.5. The molecule has 0 amide bonds. The van der Waals surface area contributed by atoms with E-state index in [0.29, 0.717) is 10.8 Å². The predicted molar refractivity (Wildman–Crippen MR) is 86.7 cm³/mol. The lowest BCUT2D eigenvalue weighted by atomic mass is 10.0. The zero-order chi connectivity index (χ0) is 15.0. The van der Waals surface area contributed by atoms with Crippen LogP contribution < -0.4 is 10.2 Å². The van der Waals surface area contributed by atoms with Crippen LogP contribution in [-0.2, 0) is 0 Å². The summed E-state index contributed by atoms with van der Waals surface area (Å²) in [7, 11) is 0. The molecule has 0 atom stereocenters. The molecule has 1 fully saturated rings. The molecule has 0 spiro atoms. The summed E-state index contributed by atoms with van der Waals surface area (Å²) in [4.78, 5) is 12.0. The van der Waals surface area contributed by atoms with Crippen LogP contribution in [0.5, 0.6) is 0 Å². The summed E-state index contributed by atoms with van der Waals surface area (Å²) in [6.07, 6.45) is 1.57. The number of rotatable bonds is 2. The van der Waals surface area contributed by atoms with Crippen LogP contribution in [0.15, 0.2) is 16.8 Å².